The van der Waals surface area contributed by atoms with Gasteiger partial charge in [-0.05, 0) is 6.07 Å². The number of halogens is 1. The highest BCUT2D eigenvalue weighted by molar-refractivity contribution is 7.89. The maximum Gasteiger partial charge on any atom is 0.306 e. The zero-order chi connectivity index (χ0) is 13.8. The predicted molar refractivity (Wildman–Crippen MR) is 60.6 cm³/mol. The molecule has 18 heavy (non-hydrogen) atoms. The minimum Gasteiger partial charge on any atom is -0.469 e. The van der Waals surface area contributed by atoms with Crippen molar-refractivity contribution in [3.8, 4) is 0 Å². The molecule has 0 fully saturated rings. The molecular formula is C10H13FN2O4S. The van der Waals surface area contributed by atoms with Crippen LogP contribution in [0.3, 0.4) is 0 Å². The maximum atomic E-state index is 12.9. The molecule has 0 radical (unpaired) electrons. The number of nitrogens with zero attached hydrogens (tertiary/aromatic N) is 2. The van der Waals surface area contributed by atoms with Crippen LogP contribution >= 0.6 is 0 Å². The molecule has 0 saturated heterocycles. The molecule has 0 bridgehead atoms. The summed E-state index contributed by atoms with van der Waals surface area (Å²) in [6.07, 6.45) is 1.88. The first-order chi connectivity index (χ1) is 8.37. The van der Waals surface area contributed by atoms with Gasteiger partial charge in [-0.1, -0.05) is 0 Å². The van der Waals surface area contributed by atoms with E-state index in [1.165, 1.54) is 14.2 Å². The van der Waals surface area contributed by atoms with Gasteiger partial charge in [-0.2, -0.15) is 0 Å². The van der Waals surface area contributed by atoms with Crippen LogP contribution in [0.4, 0.5) is 4.39 Å². The summed E-state index contributed by atoms with van der Waals surface area (Å²) >= 11 is 0. The Bertz CT molecular complexity index is 532. The highest BCUT2D eigenvalue weighted by atomic mass is 32.2. The zero-order valence-corrected chi connectivity index (χ0v) is 10.8. The standard InChI is InChI=1S/C10H13FN2O4S/c1-13(4-3-10(14)17-2)18(15,16)9-5-8(11)6-12-7-9/h5-7H,3-4H2,1-2H3. The van der Waals surface area contributed by atoms with Crippen molar-refractivity contribution in [2.45, 2.75) is 11.3 Å². The maximum absolute atomic E-state index is 12.9. The number of ether oxygens (including phenoxy) is 1. The fourth-order valence-electron chi connectivity index (χ4n) is 1.18. The predicted octanol–water partition coefficient (Wildman–Crippen LogP) is 0.404. The molecule has 0 saturated carbocycles. The van der Waals surface area contributed by atoms with Gasteiger partial charge in [0.15, 0.2) is 0 Å². The topological polar surface area (TPSA) is 76.6 Å². The smallest absolute Gasteiger partial charge is 0.306 e. The normalized spacial score (nSPS) is 11.6. The van der Waals surface area contributed by atoms with Crippen LogP contribution in [0.2, 0.25) is 0 Å². The Morgan fingerprint density at radius 2 is 2.17 bits per heavy atom. The molecule has 1 aromatic rings. The molecule has 1 rings (SSSR count). The Labute approximate surface area is 104 Å². The molecule has 0 spiro atoms. The Morgan fingerprint density at radius 3 is 2.72 bits per heavy atom. The minimum atomic E-state index is -3.84. The summed E-state index contributed by atoms with van der Waals surface area (Å²) in [7, 11) is -1.33. The fourth-order valence-corrected chi connectivity index (χ4v) is 2.33. The van der Waals surface area contributed by atoms with Crippen LogP contribution in [0, 0.1) is 5.82 Å². The van der Waals surface area contributed by atoms with Crippen LogP contribution in [0.25, 0.3) is 0 Å². The van der Waals surface area contributed by atoms with E-state index in [2.05, 4.69) is 9.72 Å². The highest BCUT2D eigenvalue weighted by Crippen LogP contribution is 2.14. The number of sulfonamides is 1. The Balaban J connectivity index is 2.83. The van der Waals surface area contributed by atoms with Gasteiger partial charge < -0.3 is 4.74 Å². The fraction of sp³-hybridized carbons (Fsp3) is 0.400. The second-order valence-electron chi connectivity index (χ2n) is 3.49. The quantitative estimate of drug-likeness (QED) is 0.728. The number of methoxy groups -OCH3 is 1. The summed E-state index contributed by atoms with van der Waals surface area (Å²) in [6.45, 7) is -0.0501. The third kappa shape index (κ3) is 3.47. The first kappa shape index (κ1) is 14.5. The zero-order valence-electron chi connectivity index (χ0n) is 9.96. The molecule has 1 heterocycles. The van der Waals surface area contributed by atoms with Crippen LogP contribution in [0.5, 0.6) is 0 Å². The lowest BCUT2D eigenvalue weighted by atomic mass is 10.4. The Kier molecular flexibility index (Phi) is 4.74. The Hall–Kier alpha value is -1.54. The van der Waals surface area contributed by atoms with E-state index in [0.29, 0.717) is 0 Å². The number of carbonyl (C=O) groups is 1. The largest absolute Gasteiger partial charge is 0.469 e. The monoisotopic (exact) mass is 276 g/mol. The number of aromatic nitrogens is 1. The highest BCUT2D eigenvalue weighted by Gasteiger charge is 2.22. The average molecular weight is 276 g/mol. The number of hydrogen-bond donors (Lipinski definition) is 0. The second-order valence-corrected chi connectivity index (χ2v) is 5.54. The van der Waals surface area contributed by atoms with Gasteiger partial charge in [-0.25, -0.2) is 17.1 Å². The van der Waals surface area contributed by atoms with E-state index in [1.807, 2.05) is 0 Å². The number of pyridine rings is 1. The molecule has 1 aromatic heterocycles. The molecule has 0 aliphatic carbocycles. The number of rotatable bonds is 5. The lowest BCUT2D eigenvalue weighted by Crippen LogP contribution is -2.29. The summed E-state index contributed by atoms with van der Waals surface area (Å²) in [4.78, 5) is 14.1. The van der Waals surface area contributed by atoms with E-state index >= 15 is 0 Å². The number of carbonyl (C=O) groups excluding carboxylic acids is 1. The van der Waals surface area contributed by atoms with Crippen molar-refractivity contribution in [3.05, 3.63) is 24.3 Å². The van der Waals surface area contributed by atoms with Crippen molar-refractivity contribution >= 4 is 16.0 Å². The van der Waals surface area contributed by atoms with Gasteiger partial charge in [-0.15, -0.1) is 0 Å². The first-order valence-electron chi connectivity index (χ1n) is 5.01. The second kappa shape index (κ2) is 5.87. The molecule has 0 N–H and O–H groups in total. The third-order valence-corrected chi connectivity index (χ3v) is 4.07. The van der Waals surface area contributed by atoms with Gasteiger partial charge >= 0.3 is 5.97 Å². The van der Waals surface area contributed by atoms with Crippen LogP contribution in [-0.2, 0) is 19.6 Å². The van der Waals surface area contributed by atoms with Crippen molar-refractivity contribution < 1.29 is 22.3 Å². The lowest BCUT2D eigenvalue weighted by Gasteiger charge is -2.16. The molecule has 0 aliphatic rings. The van der Waals surface area contributed by atoms with E-state index in [9.17, 15) is 17.6 Å². The van der Waals surface area contributed by atoms with Crippen molar-refractivity contribution in [1.29, 1.82) is 0 Å². The van der Waals surface area contributed by atoms with Crippen LogP contribution in [-0.4, -0.2) is 44.4 Å². The van der Waals surface area contributed by atoms with E-state index < -0.39 is 21.8 Å². The summed E-state index contributed by atoms with van der Waals surface area (Å²) in [6, 6.07) is 0.872. The number of esters is 1. The summed E-state index contributed by atoms with van der Waals surface area (Å²) < 4.78 is 42.2. The van der Waals surface area contributed by atoms with Gasteiger partial charge in [-0.3, -0.25) is 9.78 Å². The van der Waals surface area contributed by atoms with Crippen molar-refractivity contribution in [1.82, 2.24) is 9.29 Å². The summed E-state index contributed by atoms with van der Waals surface area (Å²) in [5.74, 6) is -1.26. The van der Waals surface area contributed by atoms with Gasteiger partial charge in [0.25, 0.3) is 0 Å². The lowest BCUT2D eigenvalue weighted by molar-refractivity contribution is -0.140. The third-order valence-electron chi connectivity index (χ3n) is 2.25. The minimum absolute atomic E-state index is 0.0501. The molecule has 100 valence electrons. The molecular weight excluding hydrogens is 263 g/mol. The molecule has 8 heteroatoms. The summed E-state index contributed by atoms with van der Waals surface area (Å²) in [5, 5.41) is 0. The van der Waals surface area contributed by atoms with E-state index in [4.69, 9.17) is 0 Å². The van der Waals surface area contributed by atoms with Crippen LogP contribution in [0.15, 0.2) is 23.4 Å². The number of hydrogen-bond acceptors (Lipinski definition) is 5. The van der Waals surface area contributed by atoms with Crippen molar-refractivity contribution in [2.75, 3.05) is 20.7 Å². The van der Waals surface area contributed by atoms with Gasteiger partial charge in [0.05, 0.1) is 19.7 Å². The van der Waals surface area contributed by atoms with E-state index in [-0.39, 0.29) is 17.9 Å². The average Bonchev–Trinajstić information content (AvgIpc) is 2.35. The van der Waals surface area contributed by atoms with E-state index in [1.54, 1.807) is 0 Å². The molecule has 6 nitrogen and oxygen atoms in total. The molecule has 0 aromatic carbocycles. The molecule has 0 unspecified atom stereocenters. The van der Waals surface area contributed by atoms with Crippen LogP contribution in [0.1, 0.15) is 6.42 Å². The van der Waals surface area contributed by atoms with Gasteiger partial charge in [0, 0.05) is 19.8 Å². The SMILES string of the molecule is COC(=O)CCN(C)S(=O)(=O)c1cncc(F)c1. The Morgan fingerprint density at radius 1 is 1.50 bits per heavy atom. The molecule has 0 aliphatic heterocycles. The van der Waals surface area contributed by atoms with Crippen molar-refractivity contribution in [2.24, 2.45) is 0 Å². The van der Waals surface area contributed by atoms with Gasteiger partial charge in [0.2, 0.25) is 10.0 Å². The molecule has 0 atom stereocenters. The van der Waals surface area contributed by atoms with Gasteiger partial charge in [0.1, 0.15) is 10.7 Å². The summed E-state index contributed by atoms with van der Waals surface area (Å²) in [5.41, 5.74) is 0. The van der Waals surface area contributed by atoms with Crippen LogP contribution < -0.4 is 0 Å². The molecule has 0 amide bonds. The van der Waals surface area contributed by atoms with E-state index in [0.717, 1.165) is 22.8 Å². The first-order valence-corrected chi connectivity index (χ1v) is 6.45. The van der Waals surface area contributed by atoms with Crippen molar-refractivity contribution in [3.63, 3.8) is 0 Å².